The SMILES string of the molecule is Cc1cc(C(=O)N2CCCC(C(=O)O)C2)nc2ccccc12. The molecular weight excluding hydrogens is 280 g/mol. The molecule has 0 radical (unpaired) electrons. The van der Waals surface area contributed by atoms with Gasteiger partial charge in [-0.2, -0.15) is 0 Å². The van der Waals surface area contributed by atoms with Gasteiger partial charge < -0.3 is 10.0 Å². The van der Waals surface area contributed by atoms with E-state index in [0.29, 0.717) is 18.7 Å². The Morgan fingerprint density at radius 2 is 2.09 bits per heavy atom. The van der Waals surface area contributed by atoms with Gasteiger partial charge in [-0.1, -0.05) is 18.2 Å². The van der Waals surface area contributed by atoms with Crippen LogP contribution in [0.4, 0.5) is 0 Å². The van der Waals surface area contributed by atoms with Crippen molar-refractivity contribution < 1.29 is 14.7 Å². The number of aromatic nitrogens is 1. The van der Waals surface area contributed by atoms with Gasteiger partial charge in [-0.15, -0.1) is 0 Å². The van der Waals surface area contributed by atoms with E-state index >= 15 is 0 Å². The number of carbonyl (C=O) groups excluding carboxylic acids is 1. The summed E-state index contributed by atoms with van der Waals surface area (Å²) in [5, 5.41) is 10.2. The number of carbonyl (C=O) groups is 2. The zero-order valence-corrected chi connectivity index (χ0v) is 12.5. The third-order valence-corrected chi connectivity index (χ3v) is 4.20. The van der Waals surface area contributed by atoms with Crippen molar-refractivity contribution in [1.82, 2.24) is 9.88 Å². The Bertz CT molecular complexity index is 742. The van der Waals surface area contributed by atoms with E-state index in [9.17, 15) is 9.59 Å². The molecule has 1 N–H and O–H groups in total. The van der Waals surface area contributed by atoms with Crippen molar-refractivity contribution in [3.8, 4) is 0 Å². The van der Waals surface area contributed by atoms with Gasteiger partial charge in [0.2, 0.25) is 0 Å². The molecule has 5 heteroatoms. The second kappa shape index (κ2) is 5.75. The van der Waals surface area contributed by atoms with Crippen molar-refractivity contribution in [3.63, 3.8) is 0 Å². The summed E-state index contributed by atoms with van der Waals surface area (Å²) in [4.78, 5) is 29.8. The maximum Gasteiger partial charge on any atom is 0.308 e. The molecule has 114 valence electrons. The summed E-state index contributed by atoms with van der Waals surface area (Å²) >= 11 is 0. The van der Waals surface area contributed by atoms with E-state index < -0.39 is 11.9 Å². The van der Waals surface area contributed by atoms with Crippen LogP contribution in [0, 0.1) is 12.8 Å². The molecule has 1 aliphatic heterocycles. The largest absolute Gasteiger partial charge is 0.481 e. The summed E-state index contributed by atoms with van der Waals surface area (Å²) in [5.74, 6) is -1.49. The number of nitrogens with zero attached hydrogens (tertiary/aromatic N) is 2. The predicted molar refractivity (Wildman–Crippen MR) is 82.7 cm³/mol. The number of pyridine rings is 1. The first-order chi connectivity index (χ1) is 10.6. The Labute approximate surface area is 128 Å². The molecule has 1 fully saturated rings. The average molecular weight is 298 g/mol. The molecule has 1 aromatic carbocycles. The van der Waals surface area contributed by atoms with E-state index in [-0.39, 0.29) is 12.5 Å². The van der Waals surface area contributed by atoms with Crippen LogP contribution in [0.15, 0.2) is 30.3 Å². The lowest BCUT2D eigenvalue weighted by Gasteiger charge is -2.30. The summed E-state index contributed by atoms with van der Waals surface area (Å²) in [5.41, 5.74) is 2.18. The van der Waals surface area contributed by atoms with Crippen LogP contribution in [-0.2, 0) is 4.79 Å². The van der Waals surface area contributed by atoms with Gasteiger partial charge in [0.25, 0.3) is 5.91 Å². The monoisotopic (exact) mass is 298 g/mol. The van der Waals surface area contributed by atoms with Gasteiger partial charge in [-0.3, -0.25) is 9.59 Å². The average Bonchev–Trinajstić information content (AvgIpc) is 2.54. The smallest absolute Gasteiger partial charge is 0.308 e. The molecule has 0 saturated carbocycles. The molecule has 0 spiro atoms. The summed E-state index contributed by atoms with van der Waals surface area (Å²) in [6.45, 7) is 2.81. The van der Waals surface area contributed by atoms with Crippen molar-refractivity contribution in [2.75, 3.05) is 13.1 Å². The number of hydrogen-bond acceptors (Lipinski definition) is 3. The number of piperidine rings is 1. The minimum Gasteiger partial charge on any atom is -0.481 e. The van der Waals surface area contributed by atoms with Gasteiger partial charge >= 0.3 is 5.97 Å². The molecule has 2 aromatic rings. The number of amides is 1. The van der Waals surface area contributed by atoms with Crippen LogP contribution in [0.3, 0.4) is 0 Å². The Morgan fingerprint density at radius 3 is 2.86 bits per heavy atom. The van der Waals surface area contributed by atoms with E-state index in [1.54, 1.807) is 11.0 Å². The van der Waals surface area contributed by atoms with Crippen LogP contribution in [0.5, 0.6) is 0 Å². The van der Waals surface area contributed by atoms with Crippen molar-refractivity contribution in [2.45, 2.75) is 19.8 Å². The zero-order valence-electron chi connectivity index (χ0n) is 12.5. The van der Waals surface area contributed by atoms with E-state index in [4.69, 9.17) is 5.11 Å². The number of aryl methyl sites for hydroxylation is 1. The minimum atomic E-state index is -0.833. The van der Waals surface area contributed by atoms with Gasteiger partial charge in [-0.05, 0) is 37.5 Å². The first-order valence-corrected chi connectivity index (χ1v) is 7.45. The number of aliphatic carboxylic acids is 1. The highest BCUT2D eigenvalue weighted by atomic mass is 16.4. The molecule has 1 saturated heterocycles. The van der Waals surface area contributed by atoms with Crippen molar-refractivity contribution in [2.24, 2.45) is 5.92 Å². The van der Waals surface area contributed by atoms with Gasteiger partial charge in [-0.25, -0.2) is 4.98 Å². The predicted octanol–water partition coefficient (Wildman–Crippen LogP) is 2.48. The van der Waals surface area contributed by atoms with E-state index in [0.717, 1.165) is 22.9 Å². The summed E-state index contributed by atoms with van der Waals surface area (Å²) < 4.78 is 0. The van der Waals surface area contributed by atoms with Crippen LogP contribution >= 0.6 is 0 Å². The van der Waals surface area contributed by atoms with Crippen molar-refractivity contribution >= 4 is 22.8 Å². The number of para-hydroxylation sites is 1. The molecule has 3 rings (SSSR count). The molecule has 2 heterocycles. The molecule has 1 aromatic heterocycles. The lowest BCUT2D eigenvalue weighted by Crippen LogP contribution is -2.42. The third-order valence-electron chi connectivity index (χ3n) is 4.20. The highest BCUT2D eigenvalue weighted by molar-refractivity contribution is 5.96. The maximum atomic E-state index is 12.6. The molecule has 5 nitrogen and oxygen atoms in total. The Morgan fingerprint density at radius 1 is 1.32 bits per heavy atom. The van der Waals surface area contributed by atoms with Gasteiger partial charge in [0, 0.05) is 18.5 Å². The molecule has 1 aliphatic rings. The number of rotatable bonds is 2. The highest BCUT2D eigenvalue weighted by Gasteiger charge is 2.29. The minimum absolute atomic E-state index is 0.181. The lowest BCUT2D eigenvalue weighted by molar-refractivity contribution is -0.143. The number of carboxylic acid groups (broad SMARTS) is 1. The summed E-state index contributed by atoms with van der Waals surface area (Å²) in [6.07, 6.45) is 1.35. The maximum absolute atomic E-state index is 12.6. The topological polar surface area (TPSA) is 70.5 Å². The number of fused-ring (bicyclic) bond motifs is 1. The Kier molecular flexibility index (Phi) is 3.79. The van der Waals surface area contributed by atoms with Crippen molar-refractivity contribution in [1.29, 1.82) is 0 Å². The molecule has 1 amide bonds. The standard InChI is InChI=1S/C17H18N2O3/c1-11-9-15(18-14-7-3-2-6-13(11)14)16(20)19-8-4-5-12(10-19)17(21)22/h2-3,6-7,9,12H,4-5,8,10H2,1H3,(H,21,22). The van der Waals surface area contributed by atoms with Crippen LogP contribution in [0.1, 0.15) is 28.9 Å². The van der Waals surface area contributed by atoms with Crippen LogP contribution < -0.4 is 0 Å². The summed E-state index contributed by atoms with van der Waals surface area (Å²) in [7, 11) is 0. The quantitative estimate of drug-likeness (QED) is 0.924. The number of benzene rings is 1. The summed E-state index contributed by atoms with van der Waals surface area (Å²) in [6, 6.07) is 9.49. The van der Waals surface area contributed by atoms with E-state index in [1.165, 1.54) is 0 Å². The number of hydrogen-bond donors (Lipinski definition) is 1. The van der Waals surface area contributed by atoms with E-state index in [2.05, 4.69) is 4.98 Å². The van der Waals surface area contributed by atoms with E-state index in [1.807, 2.05) is 31.2 Å². The van der Waals surface area contributed by atoms with Gasteiger partial charge in [0.1, 0.15) is 5.69 Å². The van der Waals surface area contributed by atoms with Crippen LogP contribution in [0.2, 0.25) is 0 Å². The van der Waals surface area contributed by atoms with Crippen molar-refractivity contribution in [3.05, 3.63) is 41.6 Å². The first kappa shape index (κ1) is 14.5. The molecule has 1 unspecified atom stereocenters. The molecule has 0 bridgehead atoms. The van der Waals surface area contributed by atoms with Gasteiger partial charge in [0.15, 0.2) is 0 Å². The Balaban J connectivity index is 1.90. The second-order valence-corrected chi connectivity index (χ2v) is 5.77. The normalized spacial score (nSPS) is 18.4. The fraction of sp³-hybridized carbons (Fsp3) is 0.353. The fourth-order valence-corrected chi connectivity index (χ4v) is 2.98. The first-order valence-electron chi connectivity index (χ1n) is 7.45. The molecular formula is C17H18N2O3. The molecule has 0 aliphatic carbocycles. The third kappa shape index (κ3) is 2.66. The Hall–Kier alpha value is -2.43. The van der Waals surface area contributed by atoms with Crippen LogP contribution in [-0.4, -0.2) is 40.0 Å². The lowest BCUT2D eigenvalue weighted by atomic mass is 9.98. The highest BCUT2D eigenvalue weighted by Crippen LogP contribution is 2.21. The number of likely N-dealkylation sites (tertiary alicyclic amines) is 1. The van der Waals surface area contributed by atoms with Gasteiger partial charge in [0.05, 0.1) is 11.4 Å². The second-order valence-electron chi connectivity index (χ2n) is 5.77. The molecule has 22 heavy (non-hydrogen) atoms. The zero-order chi connectivity index (χ0) is 15.7. The van der Waals surface area contributed by atoms with Crippen LogP contribution in [0.25, 0.3) is 10.9 Å². The molecule has 1 atom stereocenters. The number of carboxylic acids is 1. The fourth-order valence-electron chi connectivity index (χ4n) is 2.98.